The number of fused-ring (bicyclic) bond motifs is 1. The number of amides is 1. The molecule has 38 heavy (non-hydrogen) atoms. The Bertz CT molecular complexity index is 1530. The number of benzene rings is 2. The van der Waals surface area contributed by atoms with Gasteiger partial charge in [0.1, 0.15) is 5.82 Å². The number of aromatic nitrogens is 3. The van der Waals surface area contributed by atoms with Gasteiger partial charge in [0, 0.05) is 43.3 Å². The number of carbonyl (C=O) groups excluding carboxylic acids is 1. The molecule has 1 fully saturated rings. The number of hydrogen-bond acceptors (Lipinski definition) is 8. The molecule has 0 spiro atoms. The Hall–Kier alpha value is -5.04. The smallest absolute Gasteiger partial charge is 0.317 e. The van der Waals surface area contributed by atoms with Crippen molar-refractivity contribution in [3.8, 4) is 11.5 Å². The lowest BCUT2D eigenvalue weighted by Gasteiger charge is -2.29. The fourth-order valence-electron chi connectivity index (χ4n) is 4.71. The topological polar surface area (TPSA) is 113 Å². The summed E-state index contributed by atoms with van der Waals surface area (Å²) in [6, 6.07) is 21.1. The van der Waals surface area contributed by atoms with E-state index in [9.17, 15) is 4.79 Å². The maximum Gasteiger partial charge on any atom is 0.317 e. The molecule has 4 aromatic rings. The summed E-state index contributed by atoms with van der Waals surface area (Å²) < 4.78 is 5.96. The van der Waals surface area contributed by atoms with Gasteiger partial charge in [-0.25, -0.2) is 16.5 Å². The molecule has 1 unspecified atom stereocenters. The molecule has 188 valence electrons. The first-order valence-corrected chi connectivity index (χ1v) is 12.4. The minimum absolute atomic E-state index is 0.0517. The average molecular weight is 505 g/mol. The molecule has 0 aliphatic carbocycles. The van der Waals surface area contributed by atoms with Crippen molar-refractivity contribution >= 4 is 29.1 Å². The van der Waals surface area contributed by atoms with Gasteiger partial charge in [-0.2, -0.15) is 0 Å². The van der Waals surface area contributed by atoms with E-state index in [0.717, 1.165) is 42.9 Å². The molecule has 1 saturated heterocycles. The van der Waals surface area contributed by atoms with Crippen LogP contribution < -0.4 is 15.5 Å². The monoisotopic (exact) mass is 504 g/mol. The Morgan fingerprint density at radius 3 is 2.55 bits per heavy atom. The van der Waals surface area contributed by atoms with Crippen LogP contribution in [0.4, 0.5) is 17.5 Å². The van der Waals surface area contributed by atoms with Crippen LogP contribution in [0.3, 0.4) is 0 Å². The van der Waals surface area contributed by atoms with Crippen LogP contribution in [0, 0.1) is 6.57 Å². The SMILES string of the molecule is [C-]#[N+]C1CCN(c2ncccc2-c2nnc(NC3N=C(c4ccccc4)c4ccccc4NC3=O)o2)CC1. The Labute approximate surface area is 219 Å². The zero-order valence-corrected chi connectivity index (χ0v) is 20.4. The predicted molar refractivity (Wildman–Crippen MR) is 144 cm³/mol. The normalized spacial score (nSPS) is 17.6. The third kappa shape index (κ3) is 4.57. The largest absolute Gasteiger partial charge is 0.403 e. The van der Waals surface area contributed by atoms with E-state index < -0.39 is 6.17 Å². The highest BCUT2D eigenvalue weighted by Gasteiger charge is 2.29. The van der Waals surface area contributed by atoms with Gasteiger partial charge in [-0.1, -0.05) is 53.6 Å². The van der Waals surface area contributed by atoms with Gasteiger partial charge >= 0.3 is 6.01 Å². The lowest BCUT2D eigenvalue weighted by atomic mass is 10.0. The number of benzodiazepines with no additional fused rings is 1. The summed E-state index contributed by atoms with van der Waals surface area (Å²) in [5.74, 6) is 0.679. The number of nitrogens with one attached hydrogen (secondary N) is 2. The average Bonchev–Trinajstić information content (AvgIpc) is 3.39. The van der Waals surface area contributed by atoms with Crippen LogP contribution in [0.25, 0.3) is 16.3 Å². The van der Waals surface area contributed by atoms with Crippen molar-refractivity contribution in [3.63, 3.8) is 0 Å². The third-order valence-electron chi connectivity index (χ3n) is 6.64. The molecule has 0 radical (unpaired) electrons. The van der Waals surface area contributed by atoms with E-state index in [1.165, 1.54) is 0 Å². The number of nitrogens with zero attached hydrogens (tertiary/aromatic N) is 6. The molecule has 10 heteroatoms. The van der Waals surface area contributed by atoms with Crippen LogP contribution in [-0.4, -0.2) is 52.1 Å². The molecule has 4 heterocycles. The second kappa shape index (κ2) is 10.1. The van der Waals surface area contributed by atoms with E-state index in [0.29, 0.717) is 17.0 Å². The van der Waals surface area contributed by atoms with E-state index in [1.807, 2.05) is 66.7 Å². The van der Waals surface area contributed by atoms with E-state index in [4.69, 9.17) is 16.0 Å². The van der Waals surface area contributed by atoms with Crippen molar-refractivity contribution in [2.24, 2.45) is 4.99 Å². The summed E-state index contributed by atoms with van der Waals surface area (Å²) in [6.07, 6.45) is 2.31. The zero-order valence-electron chi connectivity index (χ0n) is 20.4. The fraction of sp³-hybridized carbons (Fsp3) is 0.214. The van der Waals surface area contributed by atoms with Gasteiger partial charge in [-0.05, 0) is 18.2 Å². The first-order valence-electron chi connectivity index (χ1n) is 12.4. The van der Waals surface area contributed by atoms with Gasteiger partial charge in [0.15, 0.2) is 0 Å². The lowest BCUT2D eigenvalue weighted by molar-refractivity contribution is -0.116. The molecular weight excluding hydrogens is 480 g/mol. The van der Waals surface area contributed by atoms with E-state index in [-0.39, 0.29) is 23.9 Å². The minimum Gasteiger partial charge on any atom is -0.403 e. The summed E-state index contributed by atoms with van der Waals surface area (Å²) in [7, 11) is 0. The summed E-state index contributed by atoms with van der Waals surface area (Å²) in [4.78, 5) is 28.3. The van der Waals surface area contributed by atoms with Crippen molar-refractivity contribution in [3.05, 3.63) is 95.5 Å². The van der Waals surface area contributed by atoms with Crippen LogP contribution in [0.15, 0.2) is 82.3 Å². The number of anilines is 3. The van der Waals surface area contributed by atoms with Crippen LogP contribution in [0.1, 0.15) is 24.0 Å². The maximum absolute atomic E-state index is 13.1. The zero-order chi connectivity index (χ0) is 25.9. The van der Waals surface area contributed by atoms with Crippen LogP contribution in [0.2, 0.25) is 0 Å². The van der Waals surface area contributed by atoms with E-state index in [1.54, 1.807) is 6.20 Å². The number of hydrogen-bond donors (Lipinski definition) is 2. The highest BCUT2D eigenvalue weighted by Crippen LogP contribution is 2.31. The summed E-state index contributed by atoms with van der Waals surface area (Å²) in [5.41, 5.74) is 3.76. The molecule has 2 aromatic carbocycles. The second-order valence-electron chi connectivity index (χ2n) is 9.06. The van der Waals surface area contributed by atoms with Gasteiger partial charge in [0.2, 0.25) is 12.2 Å². The van der Waals surface area contributed by atoms with Crippen LogP contribution >= 0.6 is 0 Å². The molecule has 2 aromatic heterocycles. The standard InChI is InChI=1S/C28H24N8O2/c1-29-19-13-16-36(17-14-19)25-21(11-7-15-30-25)27-34-35-28(38-27)33-24-26(37)31-22-12-6-5-10-20(22)23(32-24)18-8-3-2-4-9-18/h2-12,15,19,24H,13-14,16-17H2,(H,31,37)(H,33,35). The molecule has 1 atom stereocenters. The van der Waals surface area contributed by atoms with Crippen molar-refractivity contribution < 1.29 is 9.21 Å². The number of aliphatic imine (C=N–C) groups is 1. The fourth-order valence-corrected chi connectivity index (χ4v) is 4.71. The number of rotatable bonds is 5. The number of para-hydroxylation sites is 1. The maximum atomic E-state index is 13.1. The molecule has 0 saturated carbocycles. The molecular formula is C28H24N8O2. The highest BCUT2D eigenvalue weighted by molar-refractivity contribution is 6.19. The quantitative estimate of drug-likeness (QED) is 0.391. The molecule has 10 nitrogen and oxygen atoms in total. The number of piperidine rings is 1. The molecule has 2 aliphatic heterocycles. The van der Waals surface area contributed by atoms with Gasteiger partial charge in [0.25, 0.3) is 11.8 Å². The van der Waals surface area contributed by atoms with E-state index >= 15 is 0 Å². The summed E-state index contributed by atoms with van der Waals surface area (Å²) in [6.45, 7) is 8.76. The van der Waals surface area contributed by atoms with Gasteiger partial charge in [-0.15, -0.1) is 5.10 Å². The van der Waals surface area contributed by atoms with Crippen molar-refractivity contribution in [1.82, 2.24) is 15.2 Å². The molecule has 2 N–H and O–H groups in total. The Balaban J connectivity index is 1.29. The Kier molecular flexibility index (Phi) is 6.24. The molecule has 0 bridgehead atoms. The lowest BCUT2D eigenvalue weighted by Crippen LogP contribution is -2.35. The number of carbonyl (C=O) groups is 1. The minimum atomic E-state index is -0.994. The van der Waals surface area contributed by atoms with Gasteiger partial charge in [0.05, 0.1) is 17.0 Å². The predicted octanol–water partition coefficient (Wildman–Crippen LogP) is 4.25. The summed E-state index contributed by atoms with van der Waals surface area (Å²) in [5, 5.41) is 14.3. The first-order chi connectivity index (χ1) is 18.7. The molecule has 2 aliphatic rings. The Morgan fingerprint density at radius 1 is 0.974 bits per heavy atom. The van der Waals surface area contributed by atoms with E-state index in [2.05, 4.69) is 35.6 Å². The Morgan fingerprint density at radius 2 is 1.74 bits per heavy atom. The highest BCUT2D eigenvalue weighted by atomic mass is 16.4. The second-order valence-corrected chi connectivity index (χ2v) is 9.06. The number of pyridine rings is 1. The van der Waals surface area contributed by atoms with Crippen LogP contribution in [0.5, 0.6) is 0 Å². The van der Waals surface area contributed by atoms with Gasteiger partial charge in [-0.3, -0.25) is 4.79 Å². The van der Waals surface area contributed by atoms with Gasteiger partial charge < -0.3 is 24.8 Å². The third-order valence-corrected chi connectivity index (χ3v) is 6.64. The first kappa shape index (κ1) is 23.4. The molecule has 6 rings (SSSR count). The van der Waals surface area contributed by atoms with Crippen molar-refractivity contribution in [1.29, 1.82) is 0 Å². The molecule has 1 amide bonds. The van der Waals surface area contributed by atoms with Crippen LogP contribution in [-0.2, 0) is 4.79 Å². The van der Waals surface area contributed by atoms with Crippen molar-refractivity contribution in [2.75, 3.05) is 28.6 Å². The summed E-state index contributed by atoms with van der Waals surface area (Å²) >= 11 is 0. The van der Waals surface area contributed by atoms with Crippen molar-refractivity contribution in [2.45, 2.75) is 25.0 Å².